The van der Waals surface area contributed by atoms with Crippen molar-refractivity contribution in [2.24, 2.45) is 0 Å². The fraction of sp³-hybridized carbons (Fsp3) is 0. The van der Waals surface area contributed by atoms with E-state index in [4.69, 9.17) is 0 Å². The molecule has 0 aromatic carbocycles. The van der Waals surface area contributed by atoms with Gasteiger partial charge in [-0.1, -0.05) is 0 Å². The van der Waals surface area contributed by atoms with Crippen LogP contribution in [0.15, 0.2) is 0 Å². The van der Waals surface area contributed by atoms with Crippen molar-refractivity contribution in [2.45, 2.75) is 0 Å². The van der Waals surface area contributed by atoms with E-state index in [1.54, 1.807) is 46.0 Å². The van der Waals surface area contributed by atoms with E-state index >= 15 is 0 Å². The van der Waals surface area contributed by atoms with Gasteiger partial charge in [-0.3, -0.25) is 0 Å². The first-order valence-electron chi connectivity index (χ1n) is 0.309. The average molecular weight is 479 g/mol. The van der Waals surface area contributed by atoms with Crippen molar-refractivity contribution >= 4 is 72.2 Å². The Morgan fingerprint density at radius 2 is 1.25 bits per heavy atom. The van der Waals surface area contributed by atoms with E-state index in [0.29, 0.717) is 0 Å². The van der Waals surface area contributed by atoms with Gasteiger partial charge < -0.3 is 0 Å². The molecule has 0 heterocycles. The van der Waals surface area contributed by atoms with Crippen LogP contribution < -0.4 is 0 Å². The largest absolute Gasteiger partial charge is 3.00 e. The van der Waals surface area contributed by atoms with Crippen LogP contribution in [0.2, 0.25) is 0 Å². The Balaban J connectivity index is 0. The van der Waals surface area contributed by atoms with Crippen LogP contribution in [0.3, 0.4) is 0 Å². The minimum atomic E-state index is 0. The summed E-state index contributed by atoms with van der Waals surface area (Å²) in [6.45, 7) is 0. The van der Waals surface area contributed by atoms with Crippen molar-refractivity contribution in [1.29, 1.82) is 0 Å². The topological polar surface area (TPSA) is 9.23 Å². The smallest absolute Gasteiger partial charge is 0.247 e. The minimum Gasteiger partial charge on any atom is -0.247 e. The molecule has 0 unspecified atom stereocenters. The molecule has 4 heteroatoms. The molecule has 0 rings (SSSR count). The quantitative estimate of drug-likeness (QED) is 0.377. The zero-order chi connectivity index (χ0) is 2.71. The summed E-state index contributed by atoms with van der Waals surface area (Å²) in [6.07, 6.45) is 0. The first-order chi connectivity index (χ1) is 1.41. The van der Waals surface area contributed by atoms with Crippen molar-refractivity contribution in [3.05, 3.63) is 0 Å². The summed E-state index contributed by atoms with van der Waals surface area (Å²) in [5.41, 5.74) is 0. The Hall–Kier alpha value is 2.30. The molecule has 0 N–H and O–H groups in total. The van der Waals surface area contributed by atoms with Gasteiger partial charge in [-0.15, -0.1) is 0 Å². The molecule has 0 saturated carbocycles. The van der Waals surface area contributed by atoms with Gasteiger partial charge in [-0.2, -0.15) is 0 Å². The summed E-state index contributed by atoms with van der Waals surface area (Å²) in [4.78, 5) is 0. The Kier molecular flexibility index (Phi) is 21.5. The number of hydrogen-bond donors (Lipinski definition) is 0. The van der Waals surface area contributed by atoms with Gasteiger partial charge in [0.05, 0.1) is 0 Å². The minimum absolute atomic E-state index is 0. The number of halogens is 2. The molecule has 2 radical (unpaired) electrons. The van der Waals surface area contributed by atoms with Crippen LogP contribution in [0.1, 0.15) is 0 Å². The molecule has 0 aliphatic rings. The van der Waals surface area contributed by atoms with E-state index in [0.717, 1.165) is 0 Å². The normalized spacial score (nSPS) is 4.50. The Morgan fingerprint density at radius 1 is 1.25 bits per heavy atom. The SMILES string of the molecule is IOI.[Bi+3]. The van der Waals surface area contributed by atoms with Gasteiger partial charge in [-0.05, 0) is 0 Å². The third-order valence-electron chi connectivity index (χ3n) is 0. The first-order valence-corrected chi connectivity index (χ1v) is 2.07. The van der Waals surface area contributed by atoms with Crippen molar-refractivity contribution < 1.29 is 1.40 Å². The number of rotatable bonds is 0. The van der Waals surface area contributed by atoms with E-state index in [9.17, 15) is 0 Å². The van der Waals surface area contributed by atoms with Crippen LogP contribution in [0, 0.1) is 0 Å². The Morgan fingerprint density at radius 3 is 1.25 bits per heavy atom. The van der Waals surface area contributed by atoms with Gasteiger partial charge in [0.2, 0.25) is 0 Å². The zero-order valence-corrected chi connectivity index (χ0v) is 9.40. The molecule has 0 atom stereocenters. The summed E-state index contributed by atoms with van der Waals surface area (Å²) in [7, 11) is 0. The molecule has 0 aliphatic carbocycles. The van der Waals surface area contributed by atoms with Gasteiger partial charge in [0.15, 0.2) is 0 Å². The van der Waals surface area contributed by atoms with Crippen molar-refractivity contribution in [3.8, 4) is 0 Å². The second kappa shape index (κ2) is 9.00. The number of hydrogen-bond acceptors (Lipinski definition) is 1. The van der Waals surface area contributed by atoms with E-state index in [2.05, 4.69) is 1.40 Å². The molecule has 0 fully saturated rings. The molecule has 1 nitrogen and oxygen atoms in total. The van der Waals surface area contributed by atoms with Gasteiger partial charge in [0.1, 0.15) is 46.0 Å². The maximum Gasteiger partial charge on any atom is 3.00 e. The molecule has 22 valence electrons. The maximum atomic E-state index is 4.19. The van der Waals surface area contributed by atoms with Gasteiger partial charge >= 0.3 is 26.2 Å². The van der Waals surface area contributed by atoms with Crippen LogP contribution in [0.25, 0.3) is 0 Å². The first kappa shape index (κ1) is 9.57. The van der Waals surface area contributed by atoms with Crippen LogP contribution in [0.5, 0.6) is 0 Å². The molecular weight excluding hydrogens is 479 g/mol. The second-order valence-electron chi connectivity index (χ2n) is 0.0583. The zero-order valence-electron chi connectivity index (χ0n) is 1.61. The molecule has 4 heavy (non-hydrogen) atoms. The predicted octanol–water partition coefficient (Wildman–Crippen LogP) is 1.32. The van der Waals surface area contributed by atoms with E-state index in [1.807, 2.05) is 0 Å². The molecule has 0 aromatic heterocycles. The molecule has 0 aliphatic heterocycles. The monoisotopic (exact) mass is 479 g/mol. The third kappa shape index (κ3) is 8.85. The van der Waals surface area contributed by atoms with Gasteiger partial charge in [-0.25, -0.2) is 1.40 Å². The van der Waals surface area contributed by atoms with Crippen molar-refractivity contribution in [1.82, 2.24) is 0 Å². The average Bonchev–Trinajstić information content (AvgIpc) is 0.918. The summed E-state index contributed by atoms with van der Waals surface area (Å²) in [5.74, 6) is 0. The van der Waals surface area contributed by atoms with Crippen molar-refractivity contribution in [3.63, 3.8) is 0 Å². The fourth-order valence-corrected chi connectivity index (χ4v) is 0. The van der Waals surface area contributed by atoms with Crippen LogP contribution in [-0.4, -0.2) is 26.2 Å². The fourth-order valence-electron chi connectivity index (χ4n) is 0. The molecular formula is BiI2O+3. The molecule has 0 spiro atoms. The van der Waals surface area contributed by atoms with E-state index in [1.165, 1.54) is 0 Å². The second-order valence-corrected chi connectivity index (χ2v) is 2.62. The van der Waals surface area contributed by atoms with E-state index < -0.39 is 0 Å². The van der Waals surface area contributed by atoms with Crippen molar-refractivity contribution in [2.75, 3.05) is 0 Å². The molecule has 0 saturated heterocycles. The third-order valence-corrected chi connectivity index (χ3v) is 0. The summed E-state index contributed by atoms with van der Waals surface area (Å²) in [6, 6.07) is 0. The van der Waals surface area contributed by atoms with Crippen LogP contribution in [-0.2, 0) is 1.40 Å². The van der Waals surface area contributed by atoms with Gasteiger partial charge in [0.25, 0.3) is 0 Å². The predicted molar refractivity (Wildman–Crippen MR) is 34.9 cm³/mol. The molecule has 0 amide bonds. The molecule has 0 bridgehead atoms. The summed E-state index contributed by atoms with van der Waals surface area (Å²) >= 11 is 3.55. The Bertz CT molecular complexity index is 6.00. The van der Waals surface area contributed by atoms with Crippen LogP contribution in [0.4, 0.5) is 0 Å². The van der Waals surface area contributed by atoms with Crippen LogP contribution >= 0.6 is 46.0 Å². The van der Waals surface area contributed by atoms with Gasteiger partial charge in [0, 0.05) is 0 Å². The molecule has 0 aromatic rings. The van der Waals surface area contributed by atoms with E-state index in [-0.39, 0.29) is 26.2 Å². The summed E-state index contributed by atoms with van der Waals surface area (Å²) < 4.78 is 4.19. The standard InChI is InChI=1S/Bi.I2O/c;1-3-2/q+3;. The maximum absolute atomic E-state index is 4.19. The Labute approximate surface area is 72.4 Å². The summed E-state index contributed by atoms with van der Waals surface area (Å²) in [5, 5.41) is 0.